The molecule has 0 aliphatic heterocycles. The molecule has 0 unspecified atom stereocenters. The lowest BCUT2D eigenvalue weighted by atomic mass is 10.2. The minimum Gasteiger partial charge on any atom is -0.457 e. The summed E-state index contributed by atoms with van der Waals surface area (Å²) in [4.78, 5) is 0. The quantitative estimate of drug-likeness (QED) is 0.840. The summed E-state index contributed by atoms with van der Waals surface area (Å²) in [5.74, 6) is 0.733. The molecule has 0 atom stereocenters. The zero-order valence-corrected chi connectivity index (χ0v) is 10.8. The first-order chi connectivity index (χ1) is 8.04. The molecule has 0 aliphatic rings. The van der Waals surface area contributed by atoms with Crippen molar-refractivity contribution >= 4 is 21.6 Å². The standard InChI is InChI=1S/C13H11BrFNO/c1-8-4-11(2-3-13(8)16)17-12-6-9(14)5-10(15)7-12/h2-7H,16H2,1H3. The SMILES string of the molecule is Cc1cc(Oc2cc(F)cc(Br)c2)ccc1N. The maximum Gasteiger partial charge on any atom is 0.131 e. The Hall–Kier alpha value is -1.55. The predicted octanol–water partition coefficient (Wildman–Crippen LogP) is 4.27. The smallest absolute Gasteiger partial charge is 0.131 e. The third-order valence-corrected chi connectivity index (χ3v) is 2.77. The van der Waals surface area contributed by atoms with Crippen LogP contribution >= 0.6 is 15.9 Å². The van der Waals surface area contributed by atoms with E-state index in [0.717, 1.165) is 5.56 Å². The lowest BCUT2D eigenvalue weighted by molar-refractivity contribution is 0.476. The minimum atomic E-state index is -0.346. The van der Waals surface area contributed by atoms with Crippen LogP contribution < -0.4 is 10.5 Å². The van der Waals surface area contributed by atoms with Gasteiger partial charge in [-0.15, -0.1) is 0 Å². The molecule has 0 aliphatic carbocycles. The van der Waals surface area contributed by atoms with E-state index in [1.807, 2.05) is 13.0 Å². The van der Waals surface area contributed by atoms with E-state index in [2.05, 4.69) is 15.9 Å². The highest BCUT2D eigenvalue weighted by atomic mass is 79.9. The van der Waals surface area contributed by atoms with Crippen molar-refractivity contribution in [3.63, 3.8) is 0 Å². The molecule has 2 rings (SSSR count). The topological polar surface area (TPSA) is 35.2 Å². The molecule has 0 saturated heterocycles. The van der Waals surface area contributed by atoms with Crippen molar-refractivity contribution in [3.8, 4) is 11.5 Å². The van der Waals surface area contributed by atoms with E-state index >= 15 is 0 Å². The van der Waals surface area contributed by atoms with Gasteiger partial charge in [0.1, 0.15) is 17.3 Å². The Labute approximate surface area is 107 Å². The third kappa shape index (κ3) is 2.97. The number of ether oxygens (including phenoxy) is 1. The molecule has 0 amide bonds. The second-order valence-electron chi connectivity index (χ2n) is 3.73. The van der Waals surface area contributed by atoms with Crippen molar-refractivity contribution in [2.24, 2.45) is 0 Å². The van der Waals surface area contributed by atoms with Crippen molar-refractivity contribution in [2.45, 2.75) is 6.92 Å². The molecule has 2 N–H and O–H groups in total. The molecule has 0 fully saturated rings. The van der Waals surface area contributed by atoms with E-state index in [1.165, 1.54) is 12.1 Å². The average molecular weight is 296 g/mol. The predicted molar refractivity (Wildman–Crippen MR) is 69.8 cm³/mol. The van der Waals surface area contributed by atoms with Crippen molar-refractivity contribution in [1.82, 2.24) is 0 Å². The summed E-state index contributed by atoms with van der Waals surface area (Å²) in [6.45, 7) is 1.89. The lowest BCUT2D eigenvalue weighted by Gasteiger charge is -2.08. The van der Waals surface area contributed by atoms with Crippen LogP contribution in [0.1, 0.15) is 5.56 Å². The maximum atomic E-state index is 13.1. The number of rotatable bonds is 2. The van der Waals surface area contributed by atoms with Gasteiger partial charge in [-0.25, -0.2) is 4.39 Å². The molecular formula is C13H11BrFNO. The van der Waals surface area contributed by atoms with Gasteiger partial charge in [0, 0.05) is 16.2 Å². The monoisotopic (exact) mass is 295 g/mol. The van der Waals surface area contributed by atoms with Gasteiger partial charge in [0.25, 0.3) is 0 Å². The molecule has 4 heteroatoms. The number of hydrogen-bond acceptors (Lipinski definition) is 2. The fraction of sp³-hybridized carbons (Fsp3) is 0.0769. The molecule has 2 nitrogen and oxygen atoms in total. The number of hydrogen-bond donors (Lipinski definition) is 1. The molecule has 0 aromatic heterocycles. The van der Waals surface area contributed by atoms with Gasteiger partial charge in [-0.2, -0.15) is 0 Å². The third-order valence-electron chi connectivity index (χ3n) is 2.31. The molecule has 88 valence electrons. The average Bonchev–Trinajstić information content (AvgIpc) is 2.22. The molecule has 0 radical (unpaired) electrons. The Bertz CT molecular complexity index is 537. The van der Waals surface area contributed by atoms with E-state index < -0.39 is 0 Å². The summed E-state index contributed by atoms with van der Waals surface area (Å²) in [6.07, 6.45) is 0. The van der Waals surface area contributed by atoms with Gasteiger partial charge >= 0.3 is 0 Å². The van der Waals surface area contributed by atoms with Gasteiger partial charge in [0.15, 0.2) is 0 Å². The summed E-state index contributed by atoms with van der Waals surface area (Å²) < 4.78 is 19.3. The molecule has 0 saturated carbocycles. The molecule has 2 aromatic carbocycles. The van der Waals surface area contributed by atoms with Crippen molar-refractivity contribution in [1.29, 1.82) is 0 Å². The first-order valence-corrected chi connectivity index (χ1v) is 5.84. The molecule has 0 spiro atoms. The number of benzene rings is 2. The summed E-state index contributed by atoms with van der Waals surface area (Å²) in [7, 11) is 0. The summed E-state index contributed by atoms with van der Waals surface area (Å²) in [6, 6.07) is 9.74. The first-order valence-electron chi connectivity index (χ1n) is 5.04. The zero-order chi connectivity index (χ0) is 12.4. The second-order valence-corrected chi connectivity index (χ2v) is 4.64. The number of anilines is 1. The van der Waals surface area contributed by atoms with E-state index in [1.54, 1.807) is 18.2 Å². The molecule has 17 heavy (non-hydrogen) atoms. The maximum absolute atomic E-state index is 13.1. The van der Waals surface area contributed by atoms with E-state index in [9.17, 15) is 4.39 Å². The fourth-order valence-corrected chi connectivity index (χ4v) is 1.88. The summed E-state index contributed by atoms with van der Waals surface area (Å²) in [5.41, 5.74) is 7.34. The number of halogens is 2. The van der Waals surface area contributed by atoms with Crippen LogP contribution in [0.2, 0.25) is 0 Å². The molecule has 2 aromatic rings. The Morgan fingerprint density at radius 3 is 2.53 bits per heavy atom. The van der Waals surface area contributed by atoms with Crippen LogP contribution in [0.4, 0.5) is 10.1 Å². The largest absolute Gasteiger partial charge is 0.457 e. The highest BCUT2D eigenvalue weighted by Crippen LogP contribution is 2.27. The van der Waals surface area contributed by atoms with E-state index in [4.69, 9.17) is 10.5 Å². The van der Waals surface area contributed by atoms with Crippen LogP contribution in [0, 0.1) is 12.7 Å². The van der Waals surface area contributed by atoms with Gasteiger partial charge in [0.05, 0.1) is 0 Å². The van der Waals surface area contributed by atoms with Crippen LogP contribution in [0.5, 0.6) is 11.5 Å². The second kappa shape index (κ2) is 4.75. The Kier molecular flexibility index (Phi) is 3.33. The van der Waals surface area contributed by atoms with Gasteiger partial charge in [-0.3, -0.25) is 0 Å². The summed E-state index contributed by atoms with van der Waals surface area (Å²) >= 11 is 3.21. The van der Waals surface area contributed by atoms with Crippen LogP contribution in [0.25, 0.3) is 0 Å². The van der Waals surface area contributed by atoms with Crippen molar-refractivity contribution in [2.75, 3.05) is 5.73 Å². The number of nitrogens with two attached hydrogens (primary N) is 1. The lowest BCUT2D eigenvalue weighted by Crippen LogP contribution is -1.91. The van der Waals surface area contributed by atoms with E-state index in [0.29, 0.717) is 21.7 Å². The molecular weight excluding hydrogens is 285 g/mol. The van der Waals surface area contributed by atoms with Crippen molar-refractivity contribution in [3.05, 3.63) is 52.3 Å². The highest BCUT2D eigenvalue weighted by Gasteiger charge is 2.03. The van der Waals surface area contributed by atoms with Crippen LogP contribution in [0.3, 0.4) is 0 Å². The molecule has 0 bridgehead atoms. The van der Waals surface area contributed by atoms with Crippen LogP contribution in [-0.2, 0) is 0 Å². The van der Waals surface area contributed by atoms with Gasteiger partial charge in [-0.05, 0) is 42.8 Å². The van der Waals surface area contributed by atoms with E-state index in [-0.39, 0.29) is 5.82 Å². The fourth-order valence-electron chi connectivity index (χ4n) is 1.44. The normalized spacial score (nSPS) is 10.3. The van der Waals surface area contributed by atoms with Gasteiger partial charge < -0.3 is 10.5 Å². The zero-order valence-electron chi connectivity index (χ0n) is 9.21. The highest BCUT2D eigenvalue weighted by molar-refractivity contribution is 9.10. The number of aryl methyl sites for hydroxylation is 1. The Balaban J connectivity index is 2.28. The van der Waals surface area contributed by atoms with Crippen LogP contribution in [-0.4, -0.2) is 0 Å². The molecule has 0 heterocycles. The Morgan fingerprint density at radius 2 is 1.88 bits per heavy atom. The van der Waals surface area contributed by atoms with Gasteiger partial charge in [-0.1, -0.05) is 15.9 Å². The van der Waals surface area contributed by atoms with Gasteiger partial charge in [0.2, 0.25) is 0 Å². The summed E-state index contributed by atoms with van der Waals surface area (Å²) in [5, 5.41) is 0. The first kappa shape index (κ1) is 11.9. The minimum absolute atomic E-state index is 0.346. The Morgan fingerprint density at radius 1 is 1.12 bits per heavy atom. The number of nitrogen functional groups attached to an aromatic ring is 1. The van der Waals surface area contributed by atoms with Crippen molar-refractivity contribution < 1.29 is 9.13 Å². The van der Waals surface area contributed by atoms with Crippen LogP contribution in [0.15, 0.2) is 40.9 Å².